The number of hydrogen-bond acceptors (Lipinski definition) is 5. The zero-order valence-corrected chi connectivity index (χ0v) is 18.6. The number of amides is 2. The predicted molar refractivity (Wildman–Crippen MR) is 127 cm³/mol. The highest BCUT2D eigenvalue weighted by Crippen LogP contribution is 2.32. The van der Waals surface area contributed by atoms with Gasteiger partial charge >= 0.3 is 0 Å². The molecule has 7 heteroatoms. The first-order valence-electron chi connectivity index (χ1n) is 9.78. The number of benzene rings is 2. The van der Waals surface area contributed by atoms with E-state index in [9.17, 15) is 9.59 Å². The highest BCUT2D eigenvalue weighted by molar-refractivity contribution is 8.26. The number of carbonyl (C=O) groups is 2. The monoisotopic (exact) mass is 440 g/mol. The standard InChI is InChI=1S/C23H24N2O3S2/c1-3-16-9-11-17(12-10-16)14-20-22(27)25(23(29)30-20)13-5-8-21(26)24-18-6-4-7-19(15-18)28-2/h4,6-7,9-12,14-15H,3,5,8,13H2,1-2H3,(H,24,26)/b20-14+. The Labute approximate surface area is 186 Å². The van der Waals surface area contributed by atoms with Gasteiger partial charge in [0.25, 0.3) is 5.91 Å². The third kappa shape index (κ3) is 5.70. The number of thioether (sulfide) groups is 1. The van der Waals surface area contributed by atoms with E-state index in [0.29, 0.717) is 40.0 Å². The summed E-state index contributed by atoms with van der Waals surface area (Å²) in [6.45, 7) is 2.53. The molecule has 0 aromatic heterocycles. The Hall–Kier alpha value is -2.64. The Balaban J connectivity index is 1.52. The number of methoxy groups -OCH3 is 1. The first kappa shape index (κ1) is 22.1. The summed E-state index contributed by atoms with van der Waals surface area (Å²) in [7, 11) is 1.58. The van der Waals surface area contributed by atoms with Crippen molar-refractivity contribution < 1.29 is 14.3 Å². The van der Waals surface area contributed by atoms with Gasteiger partial charge in [-0.1, -0.05) is 61.2 Å². The van der Waals surface area contributed by atoms with E-state index in [1.54, 1.807) is 24.1 Å². The molecule has 2 aromatic carbocycles. The Morgan fingerprint density at radius 1 is 1.23 bits per heavy atom. The van der Waals surface area contributed by atoms with Crippen molar-refractivity contribution in [2.45, 2.75) is 26.2 Å². The molecule has 5 nitrogen and oxygen atoms in total. The van der Waals surface area contributed by atoms with Crippen LogP contribution in [0.15, 0.2) is 53.4 Å². The van der Waals surface area contributed by atoms with Gasteiger partial charge in [0.15, 0.2) is 0 Å². The Bertz CT molecular complexity index is 971. The van der Waals surface area contributed by atoms with Crippen LogP contribution in [0.3, 0.4) is 0 Å². The summed E-state index contributed by atoms with van der Waals surface area (Å²) >= 11 is 6.68. The smallest absolute Gasteiger partial charge is 0.266 e. The summed E-state index contributed by atoms with van der Waals surface area (Å²) in [5, 5.41) is 2.84. The Morgan fingerprint density at radius 2 is 2.00 bits per heavy atom. The van der Waals surface area contributed by atoms with E-state index in [2.05, 4.69) is 24.4 Å². The van der Waals surface area contributed by atoms with Crippen molar-refractivity contribution in [3.05, 3.63) is 64.6 Å². The van der Waals surface area contributed by atoms with E-state index in [1.165, 1.54) is 17.3 Å². The van der Waals surface area contributed by atoms with Gasteiger partial charge in [-0.05, 0) is 42.2 Å². The summed E-state index contributed by atoms with van der Waals surface area (Å²) in [5.41, 5.74) is 2.92. The molecule has 1 N–H and O–H groups in total. The van der Waals surface area contributed by atoms with Crippen LogP contribution in [0.4, 0.5) is 5.69 Å². The Kier molecular flexibility index (Phi) is 7.65. The number of thiocarbonyl (C=S) groups is 1. The van der Waals surface area contributed by atoms with Gasteiger partial charge in [-0.25, -0.2) is 0 Å². The van der Waals surface area contributed by atoms with E-state index in [4.69, 9.17) is 17.0 Å². The van der Waals surface area contributed by atoms with Crippen LogP contribution in [0.5, 0.6) is 5.75 Å². The molecule has 0 atom stereocenters. The van der Waals surface area contributed by atoms with Crippen molar-refractivity contribution in [1.29, 1.82) is 0 Å². The summed E-state index contributed by atoms with van der Waals surface area (Å²) in [6.07, 6.45) is 3.68. The molecule has 1 saturated heterocycles. The third-order valence-corrected chi connectivity index (χ3v) is 6.08. The van der Waals surface area contributed by atoms with Crippen LogP contribution in [0.1, 0.15) is 30.9 Å². The van der Waals surface area contributed by atoms with Crippen molar-refractivity contribution in [2.24, 2.45) is 0 Å². The van der Waals surface area contributed by atoms with Crippen molar-refractivity contribution in [2.75, 3.05) is 19.0 Å². The molecule has 156 valence electrons. The van der Waals surface area contributed by atoms with E-state index in [1.807, 2.05) is 30.3 Å². The number of nitrogens with one attached hydrogen (secondary N) is 1. The second-order valence-electron chi connectivity index (χ2n) is 6.81. The number of hydrogen-bond donors (Lipinski definition) is 1. The quantitative estimate of drug-likeness (QED) is 0.468. The van der Waals surface area contributed by atoms with E-state index >= 15 is 0 Å². The van der Waals surface area contributed by atoms with Crippen LogP contribution >= 0.6 is 24.0 Å². The lowest BCUT2D eigenvalue weighted by atomic mass is 10.1. The average molecular weight is 441 g/mol. The van der Waals surface area contributed by atoms with Crippen LogP contribution in [0.25, 0.3) is 6.08 Å². The van der Waals surface area contributed by atoms with Gasteiger partial charge in [-0.3, -0.25) is 14.5 Å². The molecule has 0 unspecified atom stereocenters. The fourth-order valence-electron chi connectivity index (χ4n) is 3.02. The lowest BCUT2D eigenvalue weighted by Crippen LogP contribution is -2.29. The molecule has 0 bridgehead atoms. The van der Waals surface area contributed by atoms with Gasteiger partial charge in [0, 0.05) is 24.7 Å². The van der Waals surface area contributed by atoms with Gasteiger partial charge in [-0.15, -0.1) is 0 Å². The second-order valence-corrected chi connectivity index (χ2v) is 8.49. The fraction of sp³-hybridized carbons (Fsp3) is 0.261. The minimum atomic E-state index is -0.111. The molecule has 0 saturated carbocycles. The molecular formula is C23H24N2O3S2. The first-order valence-corrected chi connectivity index (χ1v) is 11.0. The largest absolute Gasteiger partial charge is 0.497 e. The predicted octanol–water partition coefficient (Wildman–Crippen LogP) is 4.88. The lowest BCUT2D eigenvalue weighted by molar-refractivity contribution is -0.122. The van der Waals surface area contributed by atoms with Crippen LogP contribution in [0, 0.1) is 0 Å². The van der Waals surface area contributed by atoms with Gasteiger partial charge < -0.3 is 10.1 Å². The highest BCUT2D eigenvalue weighted by Gasteiger charge is 2.31. The van der Waals surface area contributed by atoms with Crippen molar-refractivity contribution in [1.82, 2.24) is 4.90 Å². The topological polar surface area (TPSA) is 58.6 Å². The van der Waals surface area contributed by atoms with Gasteiger partial charge in [0.05, 0.1) is 12.0 Å². The zero-order valence-electron chi connectivity index (χ0n) is 17.0. The van der Waals surface area contributed by atoms with E-state index < -0.39 is 0 Å². The molecule has 0 radical (unpaired) electrons. The van der Waals surface area contributed by atoms with Crippen molar-refractivity contribution in [3.63, 3.8) is 0 Å². The number of rotatable bonds is 8. The number of ether oxygens (including phenoxy) is 1. The summed E-state index contributed by atoms with van der Waals surface area (Å²) in [5.74, 6) is 0.472. The molecule has 2 aromatic rings. The zero-order chi connectivity index (χ0) is 21.5. The lowest BCUT2D eigenvalue weighted by Gasteiger charge is -2.14. The number of aryl methyl sites for hydroxylation is 1. The molecule has 0 spiro atoms. The maximum absolute atomic E-state index is 12.7. The van der Waals surface area contributed by atoms with Crippen LogP contribution in [-0.2, 0) is 16.0 Å². The Morgan fingerprint density at radius 3 is 2.70 bits per heavy atom. The maximum Gasteiger partial charge on any atom is 0.266 e. The molecule has 30 heavy (non-hydrogen) atoms. The average Bonchev–Trinajstić information content (AvgIpc) is 3.01. The summed E-state index contributed by atoms with van der Waals surface area (Å²) in [6, 6.07) is 15.3. The van der Waals surface area contributed by atoms with Gasteiger partial charge in [-0.2, -0.15) is 0 Å². The van der Waals surface area contributed by atoms with Gasteiger partial charge in [0.2, 0.25) is 5.91 Å². The number of nitrogens with zero attached hydrogens (tertiary/aromatic N) is 1. The second kappa shape index (κ2) is 10.4. The number of anilines is 1. The SMILES string of the molecule is CCc1ccc(/C=C2/SC(=S)N(CCCC(=O)Nc3cccc(OC)c3)C2=O)cc1. The molecule has 1 aliphatic heterocycles. The molecule has 0 aliphatic carbocycles. The van der Waals surface area contributed by atoms with Crippen LogP contribution in [0.2, 0.25) is 0 Å². The summed E-state index contributed by atoms with van der Waals surface area (Å²) < 4.78 is 5.69. The van der Waals surface area contributed by atoms with Gasteiger partial charge in [0.1, 0.15) is 10.1 Å². The van der Waals surface area contributed by atoms with Crippen molar-refractivity contribution in [3.8, 4) is 5.75 Å². The molecular weight excluding hydrogens is 416 g/mol. The first-order chi connectivity index (χ1) is 14.5. The molecule has 2 amide bonds. The number of carbonyl (C=O) groups excluding carboxylic acids is 2. The van der Waals surface area contributed by atoms with Crippen LogP contribution < -0.4 is 10.1 Å². The normalized spacial score (nSPS) is 15.0. The minimum Gasteiger partial charge on any atom is -0.497 e. The maximum atomic E-state index is 12.7. The highest BCUT2D eigenvalue weighted by atomic mass is 32.2. The van der Waals surface area contributed by atoms with E-state index in [0.717, 1.165) is 12.0 Å². The molecule has 1 aliphatic rings. The fourth-order valence-corrected chi connectivity index (χ4v) is 4.32. The summed E-state index contributed by atoms with van der Waals surface area (Å²) in [4.78, 5) is 27.1. The van der Waals surface area contributed by atoms with Crippen LogP contribution in [-0.4, -0.2) is 34.7 Å². The molecule has 3 rings (SSSR count). The molecule has 1 fully saturated rings. The molecule has 1 heterocycles. The minimum absolute atomic E-state index is 0.0993. The third-order valence-electron chi connectivity index (χ3n) is 4.70. The van der Waals surface area contributed by atoms with E-state index in [-0.39, 0.29) is 11.8 Å². The van der Waals surface area contributed by atoms with Crippen molar-refractivity contribution >= 4 is 51.9 Å².